The number of fused-ring (bicyclic) bond motifs is 1. The molecule has 5 nitrogen and oxygen atoms in total. The van der Waals surface area contributed by atoms with Crippen LogP contribution < -0.4 is 9.47 Å². The first kappa shape index (κ1) is 22.7. The topological polar surface area (TPSA) is 59.0 Å². The van der Waals surface area contributed by atoms with Crippen molar-refractivity contribution >= 4 is 11.5 Å². The van der Waals surface area contributed by atoms with Gasteiger partial charge in [-0.1, -0.05) is 13.0 Å². The van der Waals surface area contributed by atoms with Crippen molar-refractivity contribution in [1.29, 1.82) is 0 Å². The summed E-state index contributed by atoms with van der Waals surface area (Å²) in [5, 5.41) is 10.0. The summed E-state index contributed by atoms with van der Waals surface area (Å²) in [5.74, 6) is 2.98. The number of carbonyl (C=O) groups excluding carboxylic acids is 1. The van der Waals surface area contributed by atoms with Gasteiger partial charge in [-0.15, -0.1) is 0 Å². The smallest absolute Gasteiger partial charge is 0.138 e. The van der Waals surface area contributed by atoms with Crippen molar-refractivity contribution in [1.82, 2.24) is 4.90 Å². The molecule has 1 unspecified atom stereocenters. The monoisotopic (exact) mass is 463 g/mol. The number of phenolic OH excluding ortho intramolecular Hbond substituents is 1. The molecule has 0 aromatic heterocycles. The van der Waals surface area contributed by atoms with E-state index in [-0.39, 0.29) is 30.0 Å². The van der Waals surface area contributed by atoms with E-state index in [1.54, 1.807) is 18.2 Å². The van der Waals surface area contributed by atoms with Crippen LogP contribution in [0.15, 0.2) is 59.7 Å². The average molecular weight is 464 g/mol. The number of carbonyl (C=O) groups is 1. The minimum absolute atomic E-state index is 0.0194. The second kappa shape index (κ2) is 9.63. The second-order valence-corrected chi connectivity index (χ2v) is 9.41. The van der Waals surface area contributed by atoms with Gasteiger partial charge < -0.3 is 14.6 Å². The highest BCUT2D eigenvalue weighted by Crippen LogP contribution is 2.47. The Balaban J connectivity index is 1.37. The summed E-state index contributed by atoms with van der Waals surface area (Å²) in [4.78, 5) is 14.0. The first-order valence-corrected chi connectivity index (χ1v) is 12.0. The average Bonchev–Trinajstić information content (AvgIpc) is 2.82. The predicted molar refractivity (Wildman–Crippen MR) is 129 cm³/mol. The highest BCUT2D eigenvalue weighted by atomic mass is 19.1. The Morgan fingerprint density at radius 3 is 2.65 bits per heavy atom. The van der Waals surface area contributed by atoms with Crippen LogP contribution in [0.5, 0.6) is 17.2 Å². The number of allylic oxidation sites excluding steroid dienone is 3. The van der Waals surface area contributed by atoms with Crippen LogP contribution in [-0.2, 0) is 4.79 Å². The van der Waals surface area contributed by atoms with Crippen LogP contribution in [0.2, 0.25) is 0 Å². The third-order valence-corrected chi connectivity index (χ3v) is 6.99. The lowest BCUT2D eigenvalue weighted by Gasteiger charge is -2.37. The van der Waals surface area contributed by atoms with Gasteiger partial charge in [-0.3, -0.25) is 14.1 Å². The highest BCUT2D eigenvalue weighted by Gasteiger charge is 2.31. The summed E-state index contributed by atoms with van der Waals surface area (Å²) in [6.45, 7) is 4.87. The maximum atomic E-state index is 12.6. The number of alkyl halides is 1. The molecule has 178 valence electrons. The number of ketones is 1. The molecule has 0 amide bonds. The van der Waals surface area contributed by atoms with E-state index < -0.39 is 0 Å². The Bertz CT molecular complexity index is 1130. The van der Waals surface area contributed by atoms with Crippen molar-refractivity contribution in [2.45, 2.75) is 32.1 Å². The van der Waals surface area contributed by atoms with Crippen LogP contribution >= 0.6 is 0 Å². The van der Waals surface area contributed by atoms with E-state index in [1.807, 2.05) is 30.3 Å². The zero-order valence-corrected chi connectivity index (χ0v) is 19.4. The number of benzene rings is 2. The fourth-order valence-corrected chi connectivity index (χ4v) is 5.03. The fraction of sp³-hybridized carbons (Fsp3) is 0.393. The van der Waals surface area contributed by atoms with Crippen molar-refractivity contribution in [3.05, 3.63) is 70.8 Å². The summed E-state index contributed by atoms with van der Waals surface area (Å²) < 4.78 is 24.9. The number of aromatic hydroxyl groups is 1. The summed E-state index contributed by atoms with van der Waals surface area (Å²) in [6.07, 6.45) is 3.70. The van der Waals surface area contributed by atoms with E-state index in [0.717, 1.165) is 59.2 Å². The van der Waals surface area contributed by atoms with E-state index in [9.17, 15) is 14.3 Å². The van der Waals surface area contributed by atoms with Crippen LogP contribution in [0.1, 0.15) is 43.2 Å². The summed E-state index contributed by atoms with van der Waals surface area (Å²) in [6, 6.07) is 13.1. The maximum Gasteiger partial charge on any atom is 0.138 e. The van der Waals surface area contributed by atoms with Crippen LogP contribution in [0.3, 0.4) is 0 Å². The molecule has 0 bridgehead atoms. The molecule has 0 spiro atoms. The SMILES string of the molecule is CC1C(C2=CCC(=O)CC2)=C(c2ccc(OCCN3CC(CF)C3)cc2)Oc2ccc(O)cc21. The van der Waals surface area contributed by atoms with E-state index in [1.165, 1.54) is 0 Å². The predicted octanol–water partition coefficient (Wildman–Crippen LogP) is 5.26. The Morgan fingerprint density at radius 1 is 1.15 bits per heavy atom. The minimum atomic E-state index is -0.240. The maximum absolute atomic E-state index is 12.6. The number of Topliss-reactive ketones (excluding diaryl/α,β-unsaturated/α-hetero) is 1. The van der Waals surface area contributed by atoms with Crippen LogP contribution in [-0.4, -0.2) is 48.7 Å². The zero-order chi connectivity index (χ0) is 23.7. The van der Waals surface area contributed by atoms with E-state index in [2.05, 4.69) is 11.8 Å². The van der Waals surface area contributed by atoms with Gasteiger partial charge in [0.15, 0.2) is 0 Å². The number of hydrogen-bond acceptors (Lipinski definition) is 5. The lowest BCUT2D eigenvalue weighted by Crippen LogP contribution is -2.49. The number of likely N-dealkylation sites (tertiary alicyclic amines) is 1. The Labute approximate surface area is 199 Å². The van der Waals surface area contributed by atoms with Gasteiger partial charge in [0.1, 0.15) is 35.4 Å². The quantitative estimate of drug-likeness (QED) is 0.607. The summed E-state index contributed by atoms with van der Waals surface area (Å²) >= 11 is 0. The molecule has 1 aliphatic carbocycles. The molecular weight excluding hydrogens is 433 g/mol. The molecule has 3 aliphatic rings. The first-order chi connectivity index (χ1) is 16.5. The third kappa shape index (κ3) is 4.60. The molecule has 2 aromatic rings. The Kier molecular flexibility index (Phi) is 6.42. The highest BCUT2D eigenvalue weighted by molar-refractivity contribution is 5.83. The molecule has 2 aromatic carbocycles. The molecule has 1 atom stereocenters. The zero-order valence-electron chi connectivity index (χ0n) is 19.4. The van der Waals surface area contributed by atoms with Gasteiger partial charge in [-0.05, 0) is 54.5 Å². The Morgan fingerprint density at radius 2 is 1.94 bits per heavy atom. The van der Waals surface area contributed by atoms with Gasteiger partial charge in [-0.25, -0.2) is 0 Å². The van der Waals surface area contributed by atoms with Gasteiger partial charge in [0.2, 0.25) is 0 Å². The van der Waals surface area contributed by atoms with Crippen molar-refractivity contribution < 1.29 is 23.8 Å². The van der Waals surface area contributed by atoms with Crippen LogP contribution in [0.4, 0.5) is 4.39 Å². The van der Waals surface area contributed by atoms with Gasteiger partial charge >= 0.3 is 0 Å². The van der Waals surface area contributed by atoms with E-state index in [4.69, 9.17) is 9.47 Å². The molecule has 0 saturated carbocycles. The Hall–Kier alpha value is -3.12. The number of hydrogen-bond donors (Lipinski definition) is 1. The number of phenols is 1. The molecule has 2 aliphatic heterocycles. The number of ether oxygens (including phenoxy) is 2. The number of halogens is 1. The van der Waals surface area contributed by atoms with Crippen molar-refractivity contribution in [3.63, 3.8) is 0 Å². The number of nitrogens with zero attached hydrogens (tertiary/aromatic N) is 1. The van der Waals surface area contributed by atoms with Gasteiger partial charge in [0.05, 0.1) is 6.67 Å². The molecular formula is C28H30FNO4. The standard InChI is InChI=1S/C28H30FNO4/c1-18-25-14-23(32)8-11-26(25)34-28(27(18)20-2-6-22(31)7-3-20)21-4-9-24(10-5-21)33-13-12-30-16-19(15-29)17-30/h2,4-5,8-11,14,18-19,32H,3,6-7,12-13,15-17H2,1H3. The molecule has 34 heavy (non-hydrogen) atoms. The number of rotatable bonds is 7. The normalized spacial score (nSPS) is 20.9. The molecule has 1 fully saturated rings. The van der Waals surface area contributed by atoms with Crippen molar-refractivity contribution in [2.75, 3.05) is 32.9 Å². The molecule has 0 radical (unpaired) electrons. The summed E-state index contributed by atoms with van der Waals surface area (Å²) in [7, 11) is 0. The molecule has 2 heterocycles. The molecule has 6 heteroatoms. The first-order valence-electron chi connectivity index (χ1n) is 12.0. The third-order valence-electron chi connectivity index (χ3n) is 6.99. The van der Waals surface area contributed by atoms with Crippen LogP contribution in [0, 0.1) is 5.92 Å². The van der Waals surface area contributed by atoms with Gasteiger partial charge in [-0.2, -0.15) is 0 Å². The van der Waals surface area contributed by atoms with Crippen LogP contribution in [0.25, 0.3) is 5.76 Å². The molecule has 5 rings (SSSR count). The van der Waals surface area contributed by atoms with E-state index in [0.29, 0.717) is 25.9 Å². The lowest BCUT2D eigenvalue weighted by atomic mass is 9.80. The lowest BCUT2D eigenvalue weighted by molar-refractivity contribution is -0.118. The second-order valence-electron chi connectivity index (χ2n) is 9.41. The fourth-order valence-electron chi connectivity index (χ4n) is 5.03. The van der Waals surface area contributed by atoms with Gasteiger partial charge in [0, 0.05) is 61.0 Å². The largest absolute Gasteiger partial charge is 0.508 e. The molecule has 1 N–H and O–H groups in total. The van der Waals surface area contributed by atoms with Crippen molar-refractivity contribution in [3.8, 4) is 17.2 Å². The van der Waals surface area contributed by atoms with Crippen molar-refractivity contribution in [2.24, 2.45) is 5.92 Å². The molecule has 1 saturated heterocycles. The van der Waals surface area contributed by atoms with E-state index >= 15 is 0 Å². The summed E-state index contributed by atoms with van der Waals surface area (Å²) in [5.41, 5.74) is 4.09. The van der Waals surface area contributed by atoms with Gasteiger partial charge in [0.25, 0.3) is 0 Å². The minimum Gasteiger partial charge on any atom is -0.508 e.